The van der Waals surface area contributed by atoms with Crippen LogP contribution in [0.4, 0.5) is 0 Å². The van der Waals surface area contributed by atoms with Gasteiger partial charge in [-0.3, -0.25) is 9.59 Å². The number of amides is 2. The number of hydrogen-bond acceptors (Lipinski definition) is 4. The molecule has 0 fully saturated rings. The van der Waals surface area contributed by atoms with Gasteiger partial charge in [0.05, 0.1) is 12.9 Å². The molecule has 0 bridgehead atoms. The van der Waals surface area contributed by atoms with Gasteiger partial charge in [-0.15, -0.1) is 11.8 Å². The number of nitrogens with zero attached hydrogens (tertiary/aromatic N) is 1. The second-order valence-corrected chi connectivity index (χ2v) is 7.65. The lowest BCUT2D eigenvalue weighted by atomic mass is 10.1. The van der Waals surface area contributed by atoms with Crippen LogP contribution in [-0.2, 0) is 21.9 Å². The van der Waals surface area contributed by atoms with Crippen molar-refractivity contribution in [2.45, 2.75) is 38.6 Å². The smallest absolute Gasteiger partial charge is 0.242 e. The molecule has 0 saturated heterocycles. The number of ether oxygens (including phenoxy) is 1. The zero-order valence-electron chi connectivity index (χ0n) is 17.4. The molecule has 1 N–H and O–H groups in total. The van der Waals surface area contributed by atoms with Crippen molar-refractivity contribution in [1.82, 2.24) is 10.2 Å². The number of methoxy groups -OCH3 is 1. The highest BCUT2D eigenvalue weighted by Crippen LogP contribution is 2.19. The molecule has 2 amide bonds. The van der Waals surface area contributed by atoms with Gasteiger partial charge in [-0.05, 0) is 36.6 Å². The van der Waals surface area contributed by atoms with Gasteiger partial charge in [0.25, 0.3) is 0 Å². The van der Waals surface area contributed by atoms with E-state index in [2.05, 4.69) is 17.4 Å². The van der Waals surface area contributed by atoms with E-state index < -0.39 is 6.04 Å². The molecule has 0 spiro atoms. The molecule has 6 heteroatoms. The molecule has 29 heavy (non-hydrogen) atoms. The van der Waals surface area contributed by atoms with E-state index in [9.17, 15) is 9.59 Å². The third kappa shape index (κ3) is 7.13. The van der Waals surface area contributed by atoms with Crippen molar-refractivity contribution < 1.29 is 14.3 Å². The SMILES string of the molecule is CCNC(=O)[C@@H](CC)N(Cc1ccc(OC)cc1)C(=O)CSCc1ccccc1. The van der Waals surface area contributed by atoms with Gasteiger partial charge >= 0.3 is 0 Å². The molecule has 0 radical (unpaired) electrons. The molecule has 156 valence electrons. The summed E-state index contributed by atoms with van der Waals surface area (Å²) in [6.07, 6.45) is 0.567. The van der Waals surface area contributed by atoms with Crippen LogP contribution in [0, 0.1) is 0 Å². The summed E-state index contributed by atoms with van der Waals surface area (Å²) >= 11 is 1.57. The fourth-order valence-electron chi connectivity index (χ4n) is 3.05. The standard InChI is InChI=1S/C23H30N2O3S/c1-4-21(23(27)24-5-2)25(15-18-11-13-20(28-3)14-12-18)22(26)17-29-16-19-9-7-6-8-10-19/h6-14,21H,4-5,15-17H2,1-3H3,(H,24,27)/t21-/m1/s1. The van der Waals surface area contributed by atoms with Gasteiger partial charge in [0.1, 0.15) is 11.8 Å². The van der Waals surface area contributed by atoms with Gasteiger partial charge < -0.3 is 15.0 Å². The molecular weight excluding hydrogens is 384 g/mol. The Hall–Kier alpha value is -2.47. The Morgan fingerprint density at radius 3 is 2.31 bits per heavy atom. The number of nitrogens with one attached hydrogen (secondary N) is 1. The normalized spacial score (nSPS) is 11.6. The maximum atomic E-state index is 13.1. The van der Waals surface area contributed by atoms with E-state index in [0.29, 0.717) is 25.3 Å². The van der Waals surface area contributed by atoms with Gasteiger partial charge in [-0.2, -0.15) is 0 Å². The van der Waals surface area contributed by atoms with Crippen molar-refractivity contribution in [2.75, 3.05) is 19.4 Å². The van der Waals surface area contributed by atoms with E-state index in [1.165, 1.54) is 5.56 Å². The summed E-state index contributed by atoms with van der Waals surface area (Å²) in [6.45, 7) is 4.76. The molecule has 0 heterocycles. The van der Waals surface area contributed by atoms with E-state index in [0.717, 1.165) is 17.1 Å². The van der Waals surface area contributed by atoms with E-state index in [4.69, 9.17) is 4.74 Å². The van der Waals surface area contributed by atoms with E-state index in [1.54, 1.807) is 23.8 Å². The van der Waals surface area contributed by atoms with Crippen LogP contribution in [0.5, 0.6) is 5.75 Å². The third-order valence-electron chi connectivity index (χ3n) is 4.59. The average molecular weight is 415 g/mol. The summed E-state index contributed by atoms with van der Waals surface area (Å²) < 4.78 is 5.21. The Labute approximate surface area is 177 Å². The predicted molar refractivity (Wildman–Crippen MR) is 119 cm³/mol. The van der Waals surface area contributed by atoms with Crippen molar-refractivity contribution in [3.8, 4) is 5.75 Å². The summed E-state index contributed by atoms with van der Waals surface area (Å²) in [5.41, 5.74) is 2.15. The van der Waals surface area contributed by atoms with Crippen LogP contribution in [0.3, 0.4) is 0 Å². The summed E-state index contributed by atoms with van der Waals surface area (Å²) in [5.74, 6) is 1.73. The lowest BCUT2D eigenvalue weighted by Crippen LogP contribution is -2.49. The first-order valence-electron chi connectivity index (χ1n) is 9.90. The molecule has 0 aliphatic carbocycles. The summed E-state index contributed by atoms with van der Waals surface area (Å²) in [5, 5.41) is 2.86. The summed E-state index contributed by atoms with van der Waals surface area (Å²) in [4.78, 5) is 27.3. The Kier molecular flexibility index (Phi) is 9.57. The summed E-state index contributed by atoms with van der Waals surface area (Å²) in [6, 6.07) is 17.2. The van der Waals surface area contributed by atoms with Gasteiger partial charge in [0.2, 0.25) is 11.8 Å². The Morgan fingerprint density at radius 2 is 1.72 bits per heavy atom. The second-order valence-electron chi connectivity index (χ2n) is 6.67. The minimum absolute atomic E-state index is 0.0279. The molecule has 0 aliphatic heterocycles. The number of carbonyl (C=O) groups excluding carboxylic acids is 2. The highest BCUT2D eigenvalue weighted by atomic mass is 32.2. The van der Waals surface area contributed by atoms with E-state index >= 15 is 0 Å². The van der Waals surface area contributed by atoms with Gasteiger partial charge in [0.15, 0.2) is 0 Å². The van der Waals surface area contributed by atoms with Gasteiger partial charge in [-0.25, -0.2) is 0 Å². The Bertz CT molecular complexity index is 765. The molecule has 0 saturated carbocycles. The first-order valence-corrected chi connectivity index (χ1v) is 11.1. The lowest BCUT2D eigenvalue weighted by molar-refractivity contribution is -0.139. The minimum atomic E-state index is -0.484. The molecule has 2 rings (SSSR count). The topological polar surface area (TPSA) is 58.6 Å². The number of likely N-dealkylation sites (N-methyl/N-ethyl adjacent to an activating group) is 1. The number of hydrogen-bond donors (Lipinski definition) is 1. The second kappa shape index (κ2) is 12.2. The molecule has 0 aromatic heterocycles. The van der Waals surface area contributed by atoms with Crippen molar-refractivity contribution in [2.24, 2.45) is 0 Å². The fourth-order valence-corrected chi connectivity index (χ4v) is 3.92. The van der Waals surface area contributed by atoms with Gasteiger partial charge in [0, 0.05) is 18.8 Å². The minimum Gasteiger partial charge on any atom is -0.497 e. The molecule has 2 aromatic carbocycles. The number of rotatable bonds is 11. The van der Waals surface area contributed by atoms with Crippen molar-refractivity contribution in [1.29, 1.82) is 0 Å². The Morgan fingerprint density at radius 1 is 1.03 bits per heavy atom. The first-order chi connectivity index (χ1) is 14.1. The lowest BCUT2D eigenvalue weighted by Gasteiger charge is -2.30. The maximum absolute atomic E-state index is 13.1. The average Bonchev–Trinajstić information content (AvgIpc) is 2.75. The molecule has 5 nitrogen and oxygen atoms in total. The molecule has 0 aliphatic rings. The van der Waals surface area contributed by atoms with Crippen LogP contribution in [-0.4, -0.2) is 42.2 Å². The van der Waals surface area contributed by atoms with Gasteiger partial charge in [-0.1, -0.05) is 49.4 Å². The zero-order valence-corrected chi connectivity index (χ0v) is 18.2. The number of thioether (sulfide) groups is 1. The van der Waals surface area contributed by atoms with Crippen molar-refractivity contribution >= 4 is 23.6 Å². The molecular formula is C23H30N2O3S. The first kappa shape index (κ1) is 22.8. The van der Waals surface area contributed by atoms with E-state index in [1.807, 2.05) is 56.3 Å². The van der Waals surface area contributed by atoms with Crippen LogP contribution in [0.25, 0.3) is 0 Å². The molecule has 2 aromatic rings. The zero-order chi connectivity index (χ0) is 21.1. The summed E-state index contributed by atoms with van der Waals surface area (Å²) in [7, 11) is 1.62. The number of benzene rings is 2. The van der Waals surface area contributed by atoms with Crippen LogP contribution in [0.2, 0.25) is 0 Å². The van der Waals surface area contributed by atoms with Crippen molar-refractivity contribution in [3.63, 3.8) is 0 Å². The van der Waals surface area contributed by atoms with Crippen LogP contribution >= 0.6 is 11.8 Å². The number of carbonyl (C=O) groups is 2. The molecule has 1 atom stereocenters. The third-order valence-corrected chi connectivity index (χ3v) is 5.57. The van der Waals surface area contributed by atoms with Crippen molar-refractivity contribution in [3.05, 3.63) is 65.7 Å². The highest BCUT2D eigenvalue weighted by Gasteiger charge is 2.28. The van der Waals surface area contributed by atoms with E-state index in [-0.39, 0.29) is 11.8 Å². The molecule has 0 unspecified atom stereocenters. The Balaban J connectivity index is 2.10. The largest absolute Gasteiger partial charge is 0.497 e. The quantitative estimate of drug-likeness (QED) is 0.606. The van der Waals surface area contributed by atoms with Crippen LogP contribution < -0.4 is 10.1 Å². The maximum Gasteiger partial charge on any atom is 0.242 e. The van der Waals surface area contributed by atoms with Crippen LogP contribution in [0.15, 0.2) is 54.6 Å². The fraction of sp³-hybridized carbons (Fsp3) is 0.391. The monoisotopic (exact) mass is 414 g/mol. The highest BCUT2D eigenvalue weighted by molar-refractivity contribution is 7.99. The predicted octanol–water partition coefficient (Wildman–Crippen LogP) is 3.87. The van der Waals surface area contributed by atoms with Crippen LogP contribution in [0.1, 0.15) is 31.4 Å².